The van der Waals surface area contributed by atoms with E-state index in [-0.39, 0.29) is 18.0 Å². The second kappa shape index (κ2) is 20.4. The Morgan fingerprint density at radius 1 is 0.870 bits per heavy atom. The third kappa shape index (κ3) is 10.1. The number of aromatic nitrogens is 5. The zero-order chi connectivity index (χ0) is 48.6. The highest BCUT2D eigenvalue weighted by Crippen LogP contribution is 2.42. The molecular formula is C51H63BrN11O5P. The number of rotatable bonds is 15. The Balaban J connectivity index is 0.830. The van der Waals surface area contributed by atoms with Crippen LogP contribution in [0.2, 0.25) is 0 Å². The summed E-state index contributed by atoms with van der Waals surface area (Å²) in [4.78, 5) is 60.0. The number of piperazine rings is 1. The molecule has 3 saturated heterocycles. The molecule has 0 saturated carbocycles. The fraction of sp³-hybridized carbons (Fsp3) is 0.451. The van der Waals surface area contributed by atoms with Gasteiger partial charge in [0.15, 0.2) is 0 Å². The molecule has 0 radical (unpaired) electrons. The van der Waals surface area contributed by atoms with E-state index in [0.717, 1.165) is 128 Å². The largest absolute Gasteiger partial charge is 0.492 e. The van der Waals surface area contributed by atoms with E-state index in [1.165, 1.54) is 11.3 Å². The molecule has 3 N–H and O–H groups in total. The number of carbonyl (C=O) groups excluding carboxylic acids is 2. The minimum absolute atomic E-state index is 0.219. The fourth-order valence-corrected chi connectivity index (χ4v) is 12.3. The van der Waals surface area contributed by atoms with Crippen molar-refractivity contribution in [3.8, 4) is 5.75 Å². The number of hydrogen-bond donors (Lipinski definition) is 3. The summed E-state index contributed by atoms with van der Waals surface area (Å²) in [7, 11) is -0.976. The van der Waals surface area contributed by atoms with Gasteiger partial charge in [-0.2, -0.15) is 4.98 Å². The number of para-hydroxylation sites is 1. The van der Waals surface area contributed by atoms with Crippen molar-refractivity contribution < 1.29 is 18.9 Å². The number of piperidine rings is 2. The van der Waals surface area contributed by atoms with Crippen molar-refractivity contribution in [1.29, 1.82) is 0 Å². The van der Waals surface area contributed by atoms with Crippen LogP contribution >= 0.6 is 23.1 Å². The predicted molar refractivity (Wildman–Crippen MR) is 279 cm³/mol. The topological polar surface area (TPSA) is 172 Å². The minimum Gasteiger partial charge on any atom is -0.492 e. The molecule has 69 heavy (non-hydrogen) atoms. The van der Waals surface area contributed by atoms with Crippen LogP contribution in [-0.4, -0.2) is 117 Å². The molecule has 0 spiro atoms. The van der Waals surface area contributed by atoms with E-state index in [2.05, 4.69) is 83.6 Å². The summed E-state index contributed by atoms with van der Waals surface area (Å²) in [6, 6.07) is 18.0. The number of nitrogens with one attached hydrogen (secondary N) is 3. The number of hydrogen-bond acceptors (Lipinski definition) is 13. The van der Waals surface area contributed by atoms with Crippen LogP contribution in [0.1, 0.15) is 69.3 Å². The van der Waals surface area contributed by atoms with Gasteiger partial charge in [0.25, 0.3) is 0 Å². The monoisotopic (exact) mass is 1020 g/mol. The zero-order valence-electron chi connectivity index (χ0n) is 40.5. The number of halogens is 1. The van der Waals surface area contributed by atoms with Crippen molar-refractivity contribution in [2.24, 2.45) is 7.05 Å². The van der Waals surface area contributed by atoms with Crippen molar-refractivity contribution in [3.05, 3.63) is 92.6 Å². The molecule has 3 aliphatic rings. The Morgan fingerprint density at radius 2 is 1.65 bits per heavy atom. The van der Waals surface area contributed by atoms with Crippen LogP contribution in [0.5, 0.6) is 5.75 Å². The van der Waals surface area contributed by atoms with Gasteiger partial charge in [0.1, 0.15) is 24.8 Å². The number of fused-ring (bicyclic) bond motifs is 2. The molecule has 6 aromatic rings. The van der Waals surface area contributed by atoms with Crippen LogP contribution in [0.25, 0.3) is 21.9 Å². The first-order valence-corrected chi connectivity index (χ1v) is 27.7. The van der Waals surface area contributed by atoms with Gasteiger partial charge in [-0.25, -0.2) is 9.78 Å². The van der Waals surface area contributed by atoms with Gasteiger partial charge in [-0.05, 0) is 116 Å². The third-order valence-corrected chi connectivity index (χ3v) is 16.2. The summed E-state index contributed by atoms with van der Waals surface area (Å²) in [5.41, 5.74) is 8.17. The maximum Gasteiger partial charge on any atom is 0.329 e. The number of carbonyl (C=O) groups is 2. The van der Waals surface area contributed by atoms with Gasteiger partial charge in [-0.1, -0.05) is 32.0 Å². The highest BCUT2D eigenvalue weighted by Gasteiger charge is 2.33. The molecule has 3 aromatic heterocycles. The van der Waals surface area contributed by atoms with Gasteiger partial charge in [-0.3, -0.25) is 33.9 Å². The number of anilines is 5. The Bertz CT molecular complexity index is 3030. The highest BCUT2D eigenvalue weighted by atomic mass is 79.9. The lowest BCUT2D eigenvalue weighted by atomic mass is 9.99. The van der Waals surface area contributed by atoms with Crippen LogP contribution in [0.4, 0.5) is 28.8 Å². The molecule has 18 heteroatoms. The molecule has 3 aromatic carbocycles. The van der Waals surface area contributed by atoms with E-state index in [1.54, 1.807) is 35.7 Å². The molecule has 0 aliphatic carbocycles. The molecule has 1 atom stereocenters. The Hall–Kier alpha value is -5.61. The van der Waals surface area contributed by atoms with E-state index in [9.17, 15) is 18.9 Å². The summed E-state index contributed by atoms with van der Waals surface area (Å²) in [6.07, 6.45) is 6.87. The van der Waals surface area contributed by atoms with Crippen molar-refractivity contribution in [2.75, 3.05) is 81.3 Å². The number of ether oxygens (including phenoxy) is 1. The second-order valence-electron chi connectivity index (χ2n) is 18.7. The molecule has 16 nitrogen and oxygen atoms in total. The number of aryl methyl sites for hydroxylation is 3. The summed E-state index contributed by atoms with van der Waals surface area (Å²) >= 11 is 3.65. The lowest BCUT2D eigenvalue weighted by molar-refractivity contribution is -0.135. The summed E-state index contributed by atoms with van der Waals surface area (Å²) < 4.78 is 23.9. The van der Waals surface area contributed by atoms with Crippen LogP contribution < -0.4 is 36.6 Å². The first-order valence-electron chi connectivity index (χ1n) is 24.3. The Kier molecular flexibility index (Phi) is 14.3. The van der Waals surface area contributed by atoms with E-state index >= 15 is 0 Å². The van der Waals surface area contributed by atoms with Crippen molar-refractivity contribution in [2.45, 2.75) is 77.8 Å². The molecule has 0 bridgehead atoms. The lowest BCUT2D eigenvalue weighted by Gasteiger charge is -2.43. The summed E-state index contributed by atoms with van der Waals surface area (Å²) in [6.45, 7) is 17.1. The number of pyridine rings is 1. The molecular weight excluding hydrogens is 958 g/mol. The molecule has 6 heterocycles. The average molecular weight is 1020 g/mol. The molecule has 9 rings (SSSR count). The maximum atomic E-state index is 13.8. The van der Waals surface area contributed by atoms with E-state index in [4.69, 9.17) is 14.7 Å². The van der Waals surface area contributed by atoms with Crippen molar-refractivity contribution >= 4 is 91.0 Å². The van der Waals surface area contributed by atoms with Crippen LogP contribution in [-0.2, 0) is 40.5 Å². The summed E-state index contributed by atoms with van der Waals surface area (Å²) in [5, 5.41) is 10.9. The van der Waals surface area contributed by atoms with Crippen LogP contribution in [0, 0.1) is 0 Å². The zero-order valence-corrected chi connectivity index (χ0v) is 43.0. The number of imide groups is 1. The number of imidazole rings is 1. The standard InChI is InChI=1S/C51H63BrN11O5P/c1-7-32-29-40(56-50-53-31-37(52)48(58-50)55-39-16-15-38-36(47(39)69(5,6)67)14-13-34(8-2)54-38)44(68-9-3)30-43(32)62-23-20-35(21-24-62)61-27-25-60(26-28-61)22-19-33-11-10-12-41-46(33)59(4)51(66)63(41)42-17-18-45(64)57-49(42)65/h10-16,29-31,35,42H,7-9,17-28H2,1-6H3,(H,57,64,65)(H2,53,55,56,58). The minimum atomic E-state index is -2.74. The van der Waals surface area contributed by atoms with Gasteiger partial charge in [0, 0.05) is 99.7 Å². The van der Waals surface area contributed by atoms with Gasteiger partial charge in [-0.15, -0.1) is 0 Å². The second-order valence-corrected chi connectivity index (χ2v) is 22.8. The quantitative estimate of drug-likeness (QED) is 0.0683. The smallest absolute Gasteiger partial charge is 0.329 e. The van der Waals surface area contributed by atoms with Gasteiger partial charge in [0.2, 0.25) is 17.8 Å². The SMILES string of the molecule is CCOc1cc(N2CCC(N3CCN(CCc4cccc5c4n(C)c(=O)n5C4CCC(=O)NC4=O)CC3)CC2)c(CC)cc1Nc1ncc(Br)c(Nc2ccc3nc(CC)ccc3c2P(C)(C)=O)n1. The molecule has 3 fully saturated rings. The Morgan fingerprint density at radius 3 is 2.36 bits per heavy atom. The Labute approximate surface area is 411 Å². The lowest BCUT2D eigenvalue weighted by Crippen LogP contribution is -2.53. The summed E-state index contributed by atoms with van der Waals surface area (Å²) in [5.74, 6) is 0.968. The van der Waals surface area contributed by atoms with Crippen molar-refractivity contribution in [1.82, 2.24) is 39.2 Å². The van der Waals surface area contributed by atoms with Gasteiger partial charge < -0.3 is 29.7 Å². The average Bonchev–Trinajstić information content (AvgIpc) is 3.60. The van der Waals surface area contributed by atoms with Gasteiger partial charge >= 0.3 is 5.69 Å². The number of amides is 2. The normalized spacial score (nSPS) is 17.7. The molecule has 3 aliphatic heterocycles. The highest BCUT2D eigenvalue weighted by molar-refractivity contribution is 9.10. The molecule has 364 valence electrons. The van der Waals surface area contributed by atoms with E-state index < -0.39 is 19.1 Å². The van der Waals surface area contributed by atoms with Crippen LogP contribution in [0.15, 0.2) is 70.1 Å². The number of benzene rings is 3. The van der Waals surface area contributed by atoms with Crippen molar-refractivity contribution in [3.63, 3.8) is 0 Å². The number of nitrogens with zero attached hydrogens (tertiary/aromatic N) is 8. The first kappa shape index (κ1) is 48.4. The first-order chi connectivity index (χ1) is 33.2. The van der Waals surface area contributed by atoms with E-state index in [0.29, 0.717) is 41.0 Å². The third-order valence-electron chi connectivity index (χ3n) is 14.0. The molecule has 1 unspecified atom stereocenters. The van der Waals surface area contributed by atoms with Crippen LogP contribution in [0.3, 0.4) is 0 Å². The van der Waals surface area contributed by atoms with Gasteiger partial charge in [0.05, 0.1) is 39.0 Å². The maximum absolute atomic E-state index is 13.8. The van der Waals surface area contributed by atoms with E-state index in [1.807, 2.05) is 43.3 Å². The predicted octanol–water partition coefficient (Wildman–Crippen LogP) is 7.51. The molecule has 2 amide bonds. The fourth-order valence-electron chi connectivity index (χ4n) is 10.5.